The molecule has 2 aromatic heterocycles. The Kier molecular flexibility index (Phi) is 5.67. The van der Waals surface area contributed by atoms with Crippen LogP contribution in [0, 0.1) is 0 Å². The number of unbranched alkanes of at least 4 members (excludes halogenated alkanes) is 3. The van der Waals surface area contributed by atoms with Crippen LogP contribution in [0.15, 0.2) is 17.5 Å². The van der Waals surface area contributed by atoms with Gasteiger partial charge in [-0.2, -0.15) is 4.80 Å². The summed E-state index contributed by atoms with van der Waals surface area (Å²) in [5, 5.41) is 16.9. The number of thiophene rings is 1. The maximum atomic E-state index is 11.7. The van der Waals surface area contributed by atoms with Crippen LogP contribution in [0.4, 0.5) is 0 Å². The summed E-state index contributed by atoms with van der Waals surface area (Å²) in [7, 11) is 0. The van der Waals surface area contributed by atoms with E-state index < -0.39 is 0 Å². The van der Waals surface area contributed by atoms with Crippen LogP contribution in [0.5, 0.6) is 0 Å². The molecule has 0 radical (unpaired) electrons. The van der Waals surface area contributed by atoms with Gasteiger partial charge in [0.2, 0.25) is 11.7 Å². The number of hydrogen-bond donors (Lipinski definition) is 1. The summed E-state index contributed by atoms with van der Waals surface area (Å²) < 4.78 is 0. The Balaban J connectivity index is 1.74. The molecule has 108 valence electrons. The Morgan fingerprint density at radius 3 is 3.05 bits per heavy atom. The maximum absolute atomic E-state index is 11.7. The Hall–Kier alpha value is -1.76. The van der Waals surface area contributed by atoms with Gasteiger partial charge in [0.15, 0.2) is 0 Å². The highest BCUT2D eigenvalue weighted by Crippen LogP contribution is 2.19. The van der Waals surface area contributed by atoms with Gasteiger partial charge in [-0.25, -0.2) is 0 Å². The van der Waals surface area contributed by atoms with Gasteiger partial charge in [-0.3, -0.25) is 4.79 Å². The Morgan fingerprint density at radius 1 is 1.40 bits per heavy atom. The second-order valence-electron chi connectivity index (χ2n) is 4.53. The first-order valence-corrected chi connectivity index (χ1v) is 7.76. The van der Waals surface area contributed by atoms with Gasteiger partial charge in [0.05, 0.1) is 4.88 Å². The number of tetrazole rings is 1. The molecule has 7 heteroatoms. The van der Waals surface area contributed by atoms with Gasteiger partial charge in [-0.05, 0) is 23.1 Å². The highest BCUT2D eigenvalue weighted by Gasteiger charge is 2.09. The van der Waals surface area contributed by atoms with E-state index in [1.165, 1.54) is 17.6 Å². The molecule has 2 heterocycles. The first-order chi connectivity index (χ1) is 9.79. The van der Waals surface area contributed by atoms with E-state index in [0.717, 1.165) is 17.7 Å². The topological polar surface area (TPSA) is 72.7 Å². The van der Waals surface area contributed by atoms with Crippen molar-refractivity contribution in [3.63, 3.8) is 0 Å². The van der Waals surface area contributed by atoms with Crippen LogP contribution in [0.3, 0.4) is 0 Å². The van der Waals surface area contributed by atoms with Crippen LogP contribution in [-0.2, 0) is 11.3 Å². The van der Waals surface area contributed by atoms with Crippen molar-refractivity contribution in [3.05, 3.63) is 17.5 Å². The van der Waals surface area contributed by atoms with E-state index >= 15 is 0 Å². The molecule has 0 aliphatic carbocycles. The molecule has 0 aliphatic heterocycles. The van der Waals surface area contributed by atoms with E-state index in [9.17, 15) is 4.79 Å². The summed E-state index contributed by atoms with van der Waals surface area (Å²) >= 11 is 1.55. The second kappa shape index (κ2) is 7.74. The van der Waals surface area contributed by atoms with Gasteiger partial charge in [-0.1, -0.05) is 32.3 Å². The minimum atomic E-state index is -0.0726. The van der Waals surface area contributed by atoms with Crippen LogP contribution in [0.1, 0.15) is 32.6 Å². The molecule has 0 saturated heterocycles. The van der Waals surface area contributed by atoms with Crippen molar-refractivity contribution in [2.45, 2.75) is 39.2 Å². The van der Waals surface area contributed by atoms with E-state index in [1.807, 2.05) is 17.5 Å². The fourth-order valence-corrected chi connectivity index (χ4v) is 2.43. The highest BCUT2D eigenvalue weighted by molar-refractivity contribution is 7.13. The summed E-state index contributed by atoms with van der Waals surface area (Å²) in [6.07, 6.45) is 4.58. The zero-order valence-corrected chi connectivity index (χ0v) is 12.4. The molecule has 0 unspecified atom stereocenters. The van der Waals surface area contributed by atoms with Gasteiger partial charge >= 0.3 is 0 Å². The lowest BCUT2D eigenvalue weighted by molar-refractivity contribution is -0.122. The molecule has 0 aromatic carbocycles. The third kappa shape index (κ3) is 4.41. The van der Waals surface area contributed by atoms with Crippen molar-refractivity contribution in [1.29, 1.82) is 0 Å². The van der Waals surface area contributed by atoms with Gasteiger partial charge in [0.25, 0.3) is 0 Å². The molecule has 1 N–H and O–H groups in total. The smallest absolute Gasteiger partial charge is 0.243 e. The summed E-state index contributed by atoms with van der Waals surface area (Å²) in [5.74, 6) is 0.493. The van der Waals surface area contributed by atoms with Crippen molar-refractivity contribution < 1.29 is 4.79 Å². The second-order valence-corrected chi connectivity index (χ2v) is 5.48. The average Bonchev–Trinajstić information content (AvgIpc) is 3.08. The Morgan fingerprint density at radius 2 is 2.30 bits per heavy atom. The van der Waals surface area contributed by atoms with Gasteiger partial charge in [-0.15, -0.1) is 21.5 Å². The third-order valence-electron chi connectivity index (χ3n) is 2.83. The SMILES string of the molecule is CCCCCCNC(=O)Cn1nnc(-c2cccs2)n1. The number of carbonyl (C=O) groups is 1. The van der Waals surface area contributed by atoms with Gasteiger partial charge in [0, 0.05) is 6.54 Å². The molecule has 0 bridgehead atoms. The molecule has 0 spiro atoms. The molecule has 6 nitrogen and oxygen atoms in total. The average molecular weight is 293 g/mol. The molecular weight excluding hydrogens is 274 g/mol. The van der Waals surface area contributed by atoms with Gasteiger partial charge < -0.3 is 5.32 Å². The first kappa shape index (κ1) is 14.6. The molecule has 1 amide bonds. The van der Waals surface area contributed by atoms with Crippen LogP contribution in [0.2, 0.25) is 0 Å². The third-order valence-corrected chi connectivity index (χ3v) is 3.70. The lowest BCUT2D eigenvalue weighted by Crippen LogP contribution is -2.29. The minimum Gasteiger partial charge on any atom is -0.354 e. The number of nitrogens with zero attached hydrogens (tertiary/aromatic N) is 4. The summed E-state index contributed by atoms with van der Waals surface area (Å²) in [6, 6.07) is 3.86. The summed E-state index contributed by atoms with van der Waals surface area (Å²) in [5.41, 5.74) is 0. The maximum Gasteiger partial charge on any atom is 0.243 e. The molecule has 2 rings (SSSR count). The lowest BCUT2D eigenvalue weighted by Gasteiger charge is -2.03. The van der Waals surface area contributed by atoms with E-state index in [1.54, 1.807) is 11.3 Å². The Labute approximate surface area is 122 Å². The van der Waals surface area contributed by atoms with Crippen molar-refractivity contribution in [2.24, 2.45) is 0 Å². The number of rotatable bonds is 8. The number of nitrogens with one attached hydrogen (secondary N) is 1. The lowest BCUT2D eigenvalue weighted by atomic mass is 10.2. The van der Waals surface area contributed by atoms with Crippen LogP contribution in [-0.4, -0.2) is 32.7 Å². The number of carbonyl (C=O) groups excluding carboxylic acids is 1. The fourth-order valence-electron chi connectivity index (χ4n) is 1.78. The van der Waals surface area contributed by atoms with E-state index in [4.69, 9.17) is 0 Å². The van der Waals surface area contributed by atoms with Crippen molar-refractivity contribution >= 4 is 17.2 Å². The predicted octanol–water partition coefficient (Wildman–Crippen LogP) is 2.10. The normalized spacial score (nSPS) is 10.7. The van der Waals surface area contributed by atoms with E-state index in [0.29, 0.717) is 12.4 Å². The minimum absolute atomic E-state index is 0.0726. The quantitative estimate of drug-likeness (QED) is 0.756. The van der Waals surface area contributed by atoms with Crippen molar-refractivity contribution in [2.75, 3.05) is 6.54 Å². The predicted molar refractivity (Wildman–Crippen MR) is 78.3 cm³/mol. The van der Waals surface area contributed by atoms with Crippen LogP contribution in [0.25, 0.3) is 10.7 Å². The fraction of sp³-hybridized carbons (Fsp3) is 0.538. The number of amides is 1. The molecular formula is C13H19N5OS. The standard InChI is InChI=1S/C13H19N5OS/c1-2-3-4-5-8-14-12(19)10-18-16-13(15-17-18)11-7-6-9-20-11/h6-7,9H,2-5,8,10H2,1H3,(H,14,19). The number of hydrogen-bond acceptors (Lipinski definition) is 5. The zero-order chi connectivity index (χ0) is 14.2. The number of aromatic nitrogens is 4. The van der Waals surface area contributed by atoms with Crippen LogP contribution < -0.4 is 5.32 Å². The first-order valence-electron chi connectivity index (χ1n) is 6.88. The van der Waals surface area contributed by atoms with Crippen molar-refractivity contribution in [1.82, 2.24) is 25.5 Å². The molecule has 2 aromatic rings. The molecule has 0 saturated carbocycles. The van der Waals surface area contributed by atoms with E-state index in [2.05, 4.69) is 27.7 Å². The summed E-state index contributed by atoms with van der Waals surface area (Å²) in [4.78, 5) is 14.0. The molecule has 0 fully saturated rings. The zero-order valence-electron chi connectivity index (χ0n) is 11.6. The van der Waals surface area contributed by atoms with Crippen LogP contribution >= 0.6 is 11.3 Å². The Bertz CT molecular complexity index is 523. The van der Waals surface area contributed by atoms with Crippen molar-refractivity contribution in [3.8, 4) is 10.7 Å². The molecule has 0 aliphatic rings. The largest absolute Gasteiger partial charge is 0.354 e. The highest BCUT2D eigenvalue weighted by atomic mass is 32.1. The summed E-state index contributed by atoms with van der Waals surface area (Å²) in [6.45, 7) is 3.00. The monoisotopic (exact) mass is 293 g/mol. The molecule has 0 atom stereocenters. The van der Waals surface area contributed by atoms with E-state index in [-0.39, 0.29) is 12.5 Å². The van der Waals surface area contributed by atoms with Gasteiger partial charge in [0.1, 0.15) is 6.54 Å². The molecule has 20 heavy (non-hydrogen) atoms.